The Kier molecular flexibility index (Phi) is 5.81. The quantitative estimate of drug-likeness (QED) is 0.678. The Morgan fingerprint density at radius 3 is 2.72 bits per heavy atom. The Balaban J connectivity index is 1.49. The summed E-state index contributed by atoms with van der Waals surface area (Å²) < 4.78 is 10.6. The molecule has 0 spiro atoms. The summed E-state index contributed by atoms with van der Waals surface area (Å²) in [4.78, 5) is 17.3. The maximum Gasteiger partial charge on any atom is 0.315 e. The number of hydrogen-bond acceptors (Lipinski definition) is 5. The predicted molar refractivity (Wildman–Crippen MR) is 96.0 cm³/mol. The van der Waals surface area contributed by atoms with Crippen LogP contribution in [0, 0.1) is 0 Å². The first-order valence-electron chi connectivity index (χ1n) is 7.82. The van der Waals surface area contributed by atoms with Crippen LogP contribution >= 0.6 is 11.3 Å². The maximum absolute atomic E-state index is 12.0. The molecule has 3 rings (SSSR count). The van der Waals surface area contributed by atoms with Gasteiger partial charge < -0.3 is 19.8 Å². The Labute approximate surface area is 149 Å². The second-order valence-electron chi connectivity index (χ2n) is 5.36. The number of urea groups is 1. The van der Waals surface area contributed by atoms with E-state index in [1.54, 1.807) is 24.7 Å². The number of nitrogens with one attached hydrogen (secondary N) is 2. The number of thiophene rings is 1. The zero-order valence-electron chi connectivity index (χ0n) is 13.8. The zero-order chi connectivity index (χ0) is 17.5. The van der Waals surface area contributed by atoms with Crippen LogP contribution in [-0.4, -0.2) is 18.1 Å². The second kappa shape index (κ2) is 8.46. The molecule has 0 fully saturated rings. The minimum atomic E-state index is -0.257. The highest BCUT2D eigenvalue weighted by Gasteiger charge is 2.09. The molecule has 2 heterocycles. The van der Waals surface area contributed by atoms with Crippen LogP contribution in [0.25, 0.3) is 10.8 Å². The van der Waals surface area contributed by atoms with E-state index in [1.165, 1.54) is 0 Å². The predicted octanol–water partition coefficient (Wildman–Crippen LogP) is 3.55. The van der Waals surface area contributed by atoms with Crippen LogP contribution in [0.4, 0.5) is 4.79 Å². The van der Waals surface area contributed by atoms with E-state index in [2.05, 4.69) is 15.6 Å². The van der Waals surface area contributed by atoms with E-state index in [0.29, 0.717) is 31.3 Å². The van der Waals surface area contributed by atoms with Gasteiger partial charge in [0.05, 0.1) is 23.7 Å². The third-order valence-corrected chi connectivity index (χ3v) is 4.43. The van der Waals surface area contributed by atoms with Gasteiger partial charge in [0.2, 0.25) is 5.89 Å². The molecular formula is C18H19N3O3S. The third-order valence-electron chi connectivity index (χ3n) is 3.57. The molecule has 0 radical (unpaired) electrons. The molecule has 25 heavy (non-hydrogen) atoms. The third kappa shape index (κ3) is 4.68. The first-order chi connectivity index (χ1) is 12.3. The monoisotopic (exact) mass is 357 g/mol. The average Bonchev–Trinajstić information content (AvgIpc) is 3.31. The minimum Gasteiger partial charge on any atom is -0.443 e. The summed E-state index contributed by atoms with van der Waals surface area (Å²) in [5.41, 5.74) is 2.77. The highest BCUT2D eigenvalue weighted by Crippen LogP contribution is 2.23. The van der Waals surface area contributed by atoms with Gasteiger partial charge in [0, 0.05) is 13.7 Å². The zero-order valence-corrected chi connectivity index (χ0v) is 14.6. The van der Waals surface area contributed by atoms with Crippen molar-refractivity contribution in [2.24, 2.45) is 0 Å². The first-order valence-corrected chi connectivity index (χ1v) is 8.70. The molecule has 130 valence electrons. The summed E-state index contributed by atoms with van der Waals surface area (Å²) in [5.74, 6) is 0.570. The molecule has 1 aromatic carbocycles. The van der Waals surface area contributed by atoms with Gasteiger partial charge in [0.25, 0.3) is 0 Å². The van der Waals surface area contributed by atoms with E-state index >= 15 is 0 Å². The fraction of sp³-hybridized carbons (Fsp3) is 0.222. The van der Waals surface area contributed by atoms with Gasteiger partial charge in [-0.2, -0.15) is 0 Å². The lowest BCUT2D eigenvalue weighted by Gasteiger charge is -2.10. The Morgan fingerprint density at radius 1 is 1.16 bits per heavy atom. The van der Waals surface area contributed by atoms with E-state index in [9.17, 15) is 4.79 Å². The molecule has 0 unspecified atom stereocenters. The van der Waals surface area contributed by atoms with Gasteiger partial charge in [0.15, 0.2) is 0 Å². The summed E-state index contributed by atoms with van der Waals surface area (Å²) in [6, 6.07) is 11.5. The second-order valence-corrected chi connectivity index (χ2v) is 6.31. The van der Waals surface area contributed by atoms with Gasteiger partial charge >= 0.3 is 6.03 Å². The summed E-state index contributed by atoms with van der Waals surface area (Å²) >= 11 is 1.56. The van der Waals surface area contributed by atoms with E-state index in [4.69, 9.17) is 9.15 Å². The minimum absolute atomic E-state index is 0.257. The number of benzene rings is 1. The number of hydrogen-bond donors (Lipinski definition) is 2. The summed E-state index contributed by atoms with van der Waals surface area (Å²) in [6.45, 7) is 1.26. The highest BCUT2D eigenvalue weighted by molar-refractivity contribution is 7.13. The molecule has 0 aliphatic heterocycles. The van der Waals surface area contributed by atoms with Gasteiger partial charge in [-0.05, 0) is 22.6 Å². The number of methoxy groups -OCH3 is 1. The van der Waals surface area contributed by atoms with Crippen molar-refractivity contribution in [1.29, 1.82) is 0 Å². The standard InChI is InChI=1S/C18H19N3O3S/c1-23-11-14-6-3-2-5-13(14)9-19-18(22)20-10-15-12-24-17(21-15)16-7-4-8-25-16/h2-8,12H,9-11H2,1H3,(H2,19,20,22). The molecule has 2 N–H and O–H groups in total. The van der Waals surface area contributed by atoms with Crippen molar-refractivity contribution in [1.82, 2.24) is 15.6 Å². The lowest BCUT2D eigenvalue weighted by Crippen LogP contribution is -2.34. The van der Waals surface area contributed by atoms with Gasteiger partial charge in [-0.15, -0.1) is 11.3 Å². The van der Waals surface area contributed by atoms with Crippen molar-refractivity contribution in [3.05, 3.63) is 64.9 Å². The lowest BCUT2D eigenvalue weighted by molar-refractivity contribution is 0.184. The number of rotatable bonds is 7. The molecule has 0 aliphatic rings. The molecule has 0 saturated carbocycles. The van der Waals surface area contributed by atoms with Crippen molar-refractivity contribution in [3.63, 3.8) is 0 Å². The topological polar surface area (TPSA) is 76.4 Å². The van der Waals surface area contributed by atoms with Crippen LogP contribution in [0.15, 0.2) is 52.5 Å². The molecule has 6 nitrogen and oxygen atoms in total. The van der Waals surface area contributed by atoms with Crippen LogP contribution < -0.4 is 10.6 Å². The van der Waals surface area contributed by atoms with Gasteiger partial charge in [-0.3, -0.25) is 0 Å². The number of oxazole rings is 1. The van der Waals surface area contributed by atoms with Crippen molar-refractivity contribution in [2.45, 2.75) is 19.7 Å². The van der Waals surface area contributed by atoms with Gasteiger partial charge in [-0.25, -0.2) is 9.78 Å². The fourth-order valence-electron chi connectivity index (χ4n) is 2.34. The van der Waals surface area contributed by atoms with E-state index in [0.717, 1.165) is 16.0 Å². The van der Waals surface area contributed by atoms with Crippen LogP contribution in [0.3, 0.4) is 0 Å². The van der Waals surface area contributed by atoms with E-state index in [1.807, 2.05) is 41.8 Å². The molecular weight excluding hydrogens is 338 g/mol. The molecule has 0 aliphatic carbocycles. The van der Waals surface area contributed by atoms with Crippen molar-refractivity contribution < 1.29 is 13.9 Å². The molecule has 0 atom stereocenters. The van der Waals surface area contributed by atoms with Gasteiger partial charge in [0.1, 0.15) is 6.26 Å². The summed E-state index contributed by atoms with van der Waals surface area (Å²) in [6.07, 6.45) is 1.56. The fourth-order valence-corrected chi connectivity index (χ4v) is 2.99. The number of ether oxygens (including phenoxy) is 1. The number of carbonyl (C=O) groups excluding carboxylic acids is 1. The molecule has 7 heteroatoms. The number of aromatic nitrogens is 1. The molecule has 3 aromatic rings. The van der Waals surface area contributed by atoms with Crippen LogP contribution in [0.5, 0.6) is 0 Å². The lowest BCUT2D eigenvalue weighted by atomic mass is 10.1. The SMILES string of the molecule is COCc1ccccc1CNC(=O)NCc1coc(-c2cccs2)n1. The van der Waals surface area contributed by atoms with E-state index in [-0.39, 0.29) is 6.03 Å². The van der Waals surface area contributed by atoms with Crippen LogP contribution in [0.1, 0.15) is 16.8 Å². The first kappa shape index (κ1) is 17.2. The largest absolute Gasteiger partial charge is 0.443 e. The summed E-state index contributed by atoms with van der Waals surface area (Å²) in [5, 5.41) is 7.58. The number of amides is 2. The molecule has 0 saturated heterocycles. The number of carbonyl (C=O) groups is 1. The Bertz CT molecular complexity index is 815. The van der Waals surface area contributed by atoms with Crippen molar-refractivity contribution in [2.75, 3.05) is 7.11 Å². The highest BCUT2D eigenvalue weighted by atomic mass is 32.1. The van der Waals surface area contributed by atoms with E-state index < -0.39 is 0 Å². The molecule has 2 aromatic heterocycles. The summed E-state index contributed by atoms with van der Waals surface area (Å²) in [7, 11) is 1.65. The van der Waals surface area contributed by atoms with Gasteiger partial charge in [-0.1, -0.05) is 30.3 Å². The van der Waals surface area contributed by atoms with Crippen molar-refractivity contribution in [3.8, 4) is 10.8 Å². The average molecular weight is 357 g/mol. The van der Waals surface area contributed by atoms with Crippen molar-refractivity contribution >= 4 is 17.4 Å². The van der Waals surface area contributed by atoms with Crippen LogP contribution in [-0.2, 0) is 24.4 Å². The smallest absolute Gasteiger partial charge is 0.315 e. The molecule has 2 amide bonds. The maximum atomic E-state index is 12.0. The molecule has 0 bridgehead atoms. The Morgan fingerprint density at radius 2 is 1.96 bits per heavy atom. The normalized spacial score (nSPS) is 10.6. The Hall–Kier alpha value is -2.64. The number of nitrogens with zero attached hydrogens (tertiary/aromatic N) is 1. The van der Waals surface area contributed by atoms with Crippen LogP contribution in [0.2, 0.25) is 0 Å².